The Hall–Kier alpha value is -2.09. The number of amides is 1. The third kappa shape index (κ3) is 4.19. The maximum atomic E-state index is 12.8. The molecule has 0 radical (unpaired) electrons. The Kier molecular flexibility index (Phi) is 6.04. The van der Waals surface area contributed by atoms with Crippen molar-refractivity contribution in [2.24, 2.45) is 23.2 Å². The van der Waals surface area contributed by atoms with Crippen LogP contribution < -0.4 is 5.43 Å². The van der Waals surface area contributed by atoms with Crippen LogP contribution in [0.15, 0.2) is 18.3 Å². The van der Waals surface area contributed by atoms with Crippen LogP contribution >= 0.6 is 12.2 Å². The number of hydrogen-bond donors (Lipinski definition) is 1. The highest BCUT2D eigenvalue weighted by Gasteiger charge is 2.52. The minimum atomic E-state index is -0.443. The average Bonchev–Trinajstić information content (AvgIpc) is 3.13. The van der Waals surface area contributed by atoms with Crippen LogP contribution in [0.5, 0.6) is 0 Å². The van der Waals surface area contributed by atoms with Gasteiger partial charge >= 0.3 is 12.1 Å². The molecule has 0 unspecified atom stereocenters. The van der Waals surface area contributed by atoms with Gasteiger partial charge in [0.05, 0.1) is 13.2 Å². The van der Waals surface area contributed by atoms with Crippen LogP contribution in [0.2, 0.25) is 0 Å². The van der Waals surface area contributed by atoms with E-state index in [9.17, 15) is 9.59 Å². The molecule has 5 rings (SSSR count). The van der Waals surface area contributed by atoms with Gasteiger partial charge in [0.1, 0.15) is 5.69 Å². The molecular weight excluding hydrogens is 402 g/mol. The Morgan fingerprint density at radius 3 is 2.30 bits per heavy atom. The fourth-order valence-electron chi connectivity index (χ4n) is 6.25. The van der Waals surface area contributed by atoms with Gasteiger partial charge in [-0.3, -0.25) is 15.0 Å². The molecule has 1 N–H and O–H groups in total. The zero-order chi connectivity index (χ0) is 21.3. The second-order valence-corrected chi connectivity index (χ2v) is 9.49. The second-order valence-electron chi connectivity index (χ2n) is 9.10. The van der Waals surface area contributed by atoms with Crippen LogP contribution in [0, 0.1) is 23.2 Å². The smallest absolute Gasteiger partial charge is 0.416 e. The first-order chi connectivity index (χ1) is 14.4. The zero-order valence-corrected chi connectivity index (χ0v) is 18.6. The molecule has 4 fully saturated rings. The lowest BCUT2D eigenvalue weighted by molar-refractivity contribution is -0.0603. The van der Waals surface area contributed by atoms with Gasteiger partial charge in [-0.25, -0.2) is 9.59 Å². The molecule has 1 aromatic heterocycles. The van der Waals surface area contributed by atoms with Crippen LogP contribution in [0.25, 0.3) is 0 Å². The molecule has 1 aromatic rings. The van der Waals surface area contributed by atoms with Gasteiger partial charge < -0.3 is 9.47 Å². The predicted octanol–water partition coefficient (Wildman–Crippen LogP) is 4.17. The average molecular weight is 434 g/mol. The Bertz CT molecular complexity index is 786. The number of hydrogen-bond acceptors (Lipinski definition) is 5. The van der Waals surface area contributed by atoms with Crippen molar-refractivity contribution in [2.45, 2.75) is 52.4 Å². The molecule has 8 heteroatoms. The van der Waals surface area contributed by atoms with Gasteiger partial charge in [0.2, 0.25) is 0 Å². The lowest BCUT2D eigenvalue weighted by Crippen LogP contribution is -2.54. The number of thiocarbonyl (C=S) groups is 1. The van der Waals surface area contributed by atoms with Crippen molar-refractivity contribution >= 4 is 29.4 Å². The highest BCUT2D eigenvalue weighted by molar-refractivity contribution is 7.80. The van der Waals surface area contributed by atoms with Gasteiger partial charge in [-0.1, -0.05) is 0 Å². The van der Waals surface area contributed by atoms with Crippen molar-refractivity contribution in [3.63, 3.8) is 0 Å². The van der Waals surface area contributed by atoms with Gasteiger partial charge in [-0.15, -0.1) is 0 Å². The largest absolute Gasteiger partial charge is 0.461 e. The molecule has 7 nitrogen and oxygen atoms in total. The summed E-state index contributed by atoms with van der Waals surface area (Å²) >= 11 is 5.62. The van der Waals surface area contributed by atoms with Crippen LogP contribution in [-0.4, -0.2) is 46.5 Å². The van der Waals surface area contributed by atoms with Crippen LogP contribution in [0.3, 0.4) is 0 Å². The van der Waals surface area contributed by atoms with Gasteiger partial charge in [-0.2, -0.15) is 0 Å². The van der Waals surface area contributed by atoms with Crippen molar-refractivity contribution in [2.75, 3.05) is 25.2 Å². The summed E-state index contributed by atoms with van der Waals surface area (Å²) in [5, 5.41) is 0.242. The van der Waals surface area contributed by atoms with Gasteiger partial charge in [0, 0.05) is 12.7 Å². The predicted molar refractivity (Wildman–Crippen MR) is 117 cm³/mol. The molecule has 4 bridgehead atoms. The van der Waals surface area contributed by atoms with E-state index in [0.29, 0.717) is 12.2 Å². The topological polar surface area (TPSA) is 72.8 Å². The number of nitrogens with one attached hydrogen (secondary N) is 1. The number of carbonyl (C=O) groups is 2. The molecule has 0 spiro atoms. The molecule has 4 aliphatic carbocycles. The molecular formula is C22H31N3O4S. The van der Waals surface area contributed by atoms with E-state index in [4.69, 9.17) is 21.7 Å². The van der Waals surface area contributed by atoms with E-state index in [2.05, 4.69) is 5.43 Å². The highest BCUT2D eigenvalue weighted by Crippen LogP contribution is 2.60. The number of aromatic nitrogens is 1. The van der Waals surface area contributed by atoms with Gasteiger partial charge in [0.25, 0.3) is 0 Å². The van der Waals surface area contributed by atoms with E-state index in [0.717, 1.165) is 37.0 Å². The van der Waals surface area contributed by atoms with Crippen molar-refractivity contribution in [1.29, 1.82) is 0 Å². The zero-order valence-electron chi connectivity index (χ0n) is 17.8. The molecule has 164 valence electrons. The SMILES string of the molecule is CCOC(=O)c1cccn1NC(=S)N(CC12CC3CC(CC(C3)C1)C2)C(=O)OCC. The normalized spacial score (nSPS) is 28.8. The Morgan fingerprint density at radius 2 is 1.73 bits per heavy atom. The fourth-order valence-corrected chi connectivity index (χ4v) is 6.49. The summed E-state index contributed by atoms with van der Waals surface area (Å²) in [4.78, 5) is 26.6. The molecule has 1 heterocycles. The monoisotopic (exact) mass is 433 g/mol. The summed E-state index contributed by atoms with van der Waals surface area (Å²) < 4.78 is 11.9. The summed E-state index contributed by atoms with van der Waals surface area (Å²) in [5.41, 5.74) is 3.47. The van der Waals surface area contributed by atoms with Crippen LogP contribution in [-0.2, 0) is 9.47 Å². The summed E-state index contributed by atoms with van der Waals surface area (Å²) in [5.74, 6) is 1.90. The number of rotatable bonds is 6. The van der Waals surface area contributed by atoms with E-state index in [1.165, 1.54) is 23.9 Å². The first-order valence-corrected chi connectivity index (χ1v) is 11.4. The Labute approximate surface area is 183 Å². The summed E-state index contributed by atoms with van der Waals surface area (Å²) in [6, 6.07) is 3.39. The Balaban J connectivity index is 1.52. The molecule has 0 aromatic carbocycles. The van der Waals surface area contributed by atoms with Crippen molar-refractivity contribution in [1.82, 2.24) is 9.58 Å². The summed E-state index contributed by atoms with van der Waals surface area (Å²) in [6.07, 6.45) is 8.76. The lowest BCUT2D eigenvalue weighted by Gasteiger charge is -2.57. The third-order valence-corrected chi connectivity index (χ3v) is 7.15. The van der Waals surface area contributed by atoms with Crippen molar-refractivity contribution in [3.8, 4) is 0 Å². The molecule has 4 saturated carbocycles. The quantitative estimate of drug-likeness (QED) is 0.536. The van der Waals surface area contributed by atoms with E-state index < -0.39 is 12.1 Å². The standard InChI is InChI=1S/C22H31N3O4S/c1-3-28-19(26)18-6-5-7-25(18)23-20(30)24(21(27)29-4-2)14-22-11-15-8-16(12-22)10-17(9-15)13-22/h5-7,15-17H,3-4,8-14H2,1-2H3,(H,23,30). The molecule has 0 saturated heterocycles. The number of esters is 1. The molecule has 0 aliphatic heterocycles. The first kappa shape index (κ1) is 21.2. The highest BCUT2D eigenvalue weighted by atomic mass is 32.1. The maximum Gasteiger partial charge on any atom is 0.416 e. The maximum absolute atomic E-state index is 12.8. The minimum Gasteiger partial charge on any atom is -0.461 e. The van der Waals surface area contributed by atoms with E-state index in [-0.39, 0.29) is 23.7 Å². The Morgan fingerprint density at radius 1 is 1.13 bits per heavy atom. The van der Waals surface area contributed by atoms with E-state index in [1.807, 2.05) is 0 Å². The number of nitrogens with zero attached hydrogens (tertiary/aromatic N) is 2. The number of carbonyl (C=O) groups excluding carboxylic acids is 2. The van der Waals surface area contributed by atoms with Crippen molar-refractivity contribution < 1.29 is 19.1 Å². The lowest BCUT2D eigenvalue weighted by atomic mass is 9.49. The fraction of sp³-hybridized carbons (Fsp3) is 0.682. The summed E-state index contributed by atoms with van der Waals surface area (Å²) in [7, 11) is 0. The van der Waals surface area contributed by atoms with E-state index >= 15 is 0 Å². The molecule has 0 atom stereocenters. The number of ether oxygens (including phenoxy) is 2. The molecule has 4 aliphatic rings. The van der Waals surface area contributed by atoms with Crippen molar-refractivity contribution in [3.05, 3.63) is 24.0 Å². The van der Waals surface area contributed by atoms with Crippen LogP contribution in [0.4, 0.5) is 4.79 Å². The summed E-state index contributed by atoms with van der Waals surface area (Å²) in [6.45, 7) is 4.70. The third-order valence-electron chi connectivity index (χ3n) is 6.84. The first-order valence-electron chi connectivity index (χ1n) is 11.0. The van der Waals surface area contributed by atoms with Crippen LogP contribution in [0.1, 0.15) is 62.9 Å². The van der Waals surface area contributed by atoms with Gasteiger partial charge in [-0.05, 0) is 99.9 Å². The molecule has 1 amide bonds. The van der Waals surface area contributed by atoms with Gasteiger partial charge in [0.15, 0.2) is 5.11 Å². The molecule has 30 heavy (non-hydrogen) atoms. The second kappa shape index (κ2) is 8.57. The minimum absolute atomic E-state index is 0.119. The van der Waals surface area contributed by atoms with E-state index in [1.54, 1.807) is 37.1 Å².